The Morgan fingerprint density at radius 3 is 2.78 bits per heavy atom. The van der Waals surface area contributed by atoms with E-state index in [-0.39, 0.29) is 23.0 Å². The van der Waals surface area contributed by atoms with Crippen LogP contribution in [-0.2, 0) is 4.79 Å². The summed E-state index contributed by atoms with van der Waals surface area (Å²) in [6.45, 7) is 5.54. The van der Waals surface area contributed by atoms with Gasteiger partial charge in [0.1, 0.15) is 5.75 Å². The van der Waals surface area contributed by atoms with Crippen LogP contribution in [-0.4, -0.2) is 78.4 Å². The number of benzene rings is 1. The molecule has 1 aromatic carbocycles. The minimum absolute atomic E-state index is 0.00113. The molecule has 6 nitrogen and oxygen atoms in total. The molecule has 1 N–H and O–H groups in total. The van der Waals surface area contributed by atoms with Crippen molar-refractivity contribution in [1.82, 2.24) is 14.7 Å². The van der Waals surface area contributed by atoms with Gasteiger partial charge < -0.3 is 19.8 Å². The minimum Gasteiger partial charge on any atom is -0.508 e. The summed E-state index contributed by atoms with van der Waals surface area (Å²) in [4.78, 5) is 31.4. The van der Waals surface area contributed by atoms with E-state index in [0.29, 0.717) is 24.1 Å². The van der Waals surface area contributed by atoms with E-state index in [1.54, 1.807) is 25.1 Å². The molecule has 1 spiro atoms. The molecule has 1 unspecified atom stereocenters. The van der Waals surface area contributed by atoms with Crippen molar-refractivity contribution in [2.45, 2.75) is 32.6 Å². The highest BCUT2D eigenvalue weighted by Gasteiger charge is 2.42. The highest BCUT2D eigenvalue weighted by atomic mass is 16.3. The van der Waals surface area contributed by atoms with Gasteiger partial charge in [0, 0.05) is 55.7 Å². The molecule has 1 aromatic rings. The predicted molar refractivity (Wildman–Crippen MR) is 105 cm³/mol. The number of phenols is 1. The zero-order chi connectivity index (χ0) is 19.6. The van der Waals surface area contributed by atoms with E-state index in [0.717, 1.165) is 45.4 Å². The van der Waals surface area contributed by atoms with E-state index < -0.39 is 0 Å². The molecule has 0 aliphatic carbocycles. The molecular formula is C21H31N3O3. The van der Waals surface area contributed by atoms with Crippen molar-refractivity contribution in [1.29, 1.82) is 0 Å². The average Bonchev–Trinajstić information content (AvgIpc) is 2.64. The van der Waals surface area contributed by atoms with Crippen LogP contribution in [0.15, 0.2) is 18.2 Å². The maximum atomic E-state index is 13.1. The first kappa shape index (κ1) is 19.7. The van der Waals surface area contributed by atoms with Gasteiger partial charge in [-0.2, -0.15) is 0 Å². The summed E-state index contributed by atoms with van der Waals surface area (Å²) in [5.74, 6) is 0.375. The number of carbonyl (C=O) groups excluding carboxylic acids is 2. The molecule has 2 saturated heterocycles. The Bertz CT molecular complexity index is 719. The number of rotatable bonds is 4. The van der Waals surface area contributed by atoms with E-state index in [1.807, 2.05) is 23.9 Å². The Balaban J connectivity index is 1.73. The maximum Gasteiger partial charge on any atom is 0.254 e. The Labute approximate surface area is 161 Å². The van der Waals surface area contributed by atoms with Crippen LogP contribution in [0.4, 0.5) is 0 Å². The second-order valence-corrected chi connectivity index (χ2v) is 8.40. The van der Waals surface area contributed by atoms with Crippen LogP contribution in [0, 0.1) is 12.3 Å². The largest absolute Gasteiger partial charge is 0.508 e. The second kappa shape index (κ2) is 7.89. The maximum absolute atomic E-state index is 13.1. The smallest absolute Gasteiger partial charge is 0.254 e. The molecule has 0 radical (unpaired) electrons. The number of aromatic hydroxyl groups is 1. The van der Waals surface area contributed by atoms with Crippen LogP contribution in [0.2, 0.25) is 0 Å². The normalized spacial score (nSPS) is 23.3. The monoisotopic (exact) mass is 373 g/mol. The molecule has 2 amide bonds. The number of hydrogen-bond acceptors (Lipinski definition) is 4. The van der Waals surface area contributed by atoms with E-state index in [4.69, 9.17) is 0 Å². The van der Waals surface area contributed by atoms with Crippen LogP contribution >= 0.6 is 0 Å². The molecule has 0 bridgehead atoms. The zero-order valence-corrected chi connectivity index (χ0v) is 16.7. The van der Waals surface area contributed by atoms with Gasteiger partial charge in [0.25, 0.3) is 5.91 Å². The molecule has 0 aromatic heterocycles. The van der Waals surface area contributed by atoms with E-state index in [1.165, 1.54) is 0 Å². The highest BCUT2D eigenvalue weighted by Crippen LogP contribution is 2.39. The summed E-state index contributed by atoms with van der Waals surface area (Å²) in [5.41, 5.74) is 1.20. The third-order valence-electron chi connectivity index (χ3n) is 6.05. The lowest BCUT2D eigenvalue weighted by molar-refractivity contribution is -0.139. The molecule has 148 valence electrons. The number of phenolic OH excluding ortho intramolecular Hbond substituents is 1. The van der Waals surface area contributed by atoms with Gasteiger partial charge in [0.15, 0.2) is 0 Å². The molecule has 1 atom stereocenters. The van der Waals surface area contributed by atoms with Gasteiger partial charge in [-0.15, -0.1) is 0 Å². The van der Waals surface area contributed by atoms with Crippen molar-refractivity contribution in [3.63, 3.8) is 0 Å². The first-order valence-electron chi connectivity index (χ1n) is 9.82. The number of likely N-dealkylation sites (N-methyl/N-ethyl adjacent to an activating group) is 1. The third-order valence-corrected chi connectivity index (χ3v) is 6.05. The summed E-state index contributed by atoms with van der Waals surface area (Å²) < 4.78 is 0. The molecule has 2 aliphatic heterocycles. The molecule has 6 heteroatoms. The number of amides is 2. The molecule has 2 heterocycles. The quantitative estimate of drug-likeness (QED) is 0.878. The SMILES string of the molecule is Cc1c(O)cccc1C(=O)N1CCCC2(CCC(=O)N(CCN(C)C)C2)C1. The number of piperidine rings is 2. The first-order chi connectivity index (χ1) is 12.8. The van der Waals surface area contributed by atoms with Gasteiger partial charge in [-0.25, -0.2) is 0 Å². The fourth-order valence-corrected chi connectivity index (χ4v) is 4.37. The lowest BCUT2D eigenvalue weighted by atomic mass is 9.73. The van der Waals surface area contributed by atoms with E-state index >= 15 is 0 Å². The molecular weight excluding hydrogens is 342 g/mol. The fourth-order valence-electron chi connectivity index (χ4n) is 4.37. The van der Waals surface area contributed by atoms with Crippen molar-refractivity contribution in [2.75, 3.05) is 46.8 Å². The Hall–Kier alpha value is -2.08. The van der Waals surface area contributed by atoms with Crippen LogP contribution in [0.5, 0.6) is 5.75 Å². The summed E-state index contributed by atoms with van der Waals surface area (Å²) in [7, 11) is 4.03. The van der Waals surface area contributed by atoms with E-state index in [9.17, 15) is 14.7 Å². The molecule has 27 heavy (non-hydrogen) atoms. The molecule has 0 saturated carbocycles. The van der Waals surface area contributed by atoms with Gasteiger partial charge in [0.05, 0.1) is 0 Å². The van der Waals surface area contributed by atoms with Crippen molar-refractivity contribution in [3.8, 4) is 5.75 Å². The van der Waals surface area contributed by atoms with Crippen LogP contribution in [0.1, 0.15) is 41.6 Å². The van der Waals surface area contributed by atoms with Gasteiger partial charge in [-0.05, 0) is 52.4 Å². The lowest BCUT2D eigenvalue weighted by Gasteiger charge is -2.48. The van der Waals surface area contributed by atoms with Crippen LogP contribution < -0.4 is 0 Å². The lowest BCUT2D eigenvalue weighted by Crippen LogP contribution is -2.55. The predicted octanol–water partition coefficient (Wildman–Crippen LogP) is 2.11. The van der Waals surface area contributed by atoms with Gasteiger partial charge >= 0.3 is 0 Å². The summed E-state index contributed by atoms with van der Waals surface area (Å²) in [5, 5.41) is 9.94. The van der Waals surface area contributed by atoms with Crippen molar-refractivity contribution >= 4 is 11.8 Å². The van der Waals surface area contributed by atoms with Crippen molar-refractivity contribution in [2.24, 2.45) is 5.41 Å². The Kier molecular flexibility index (Phi) is 5.75. The molecule has 2 aliphatic rings. The number of carbonyl (C=O) groups is 2. The summed E-state index contributed by atoms with van der Waals surface area (Å²) >= 11 is 0. The number of nitrogens with zero attached hydrogens (tertiary/aromatic N) is 3. The van der Waals surface area contributed by atoms with Crippen molar-refractivity contribution < 1.29 is 14.7 Å². The molecule has 3 rings (SSSR count). The standard InChI is InChI=1S/C21H31N3O3/c1-16-17(6-4-7-18(16)25)20(27)24-11-5-9-21(15-24)10-8-19(26)23(14-21)13-12-22(2)3/h4,6-7,25H,5,8-15H2,1-3H3. The van der Waals surface area contributed by atoms with Crippen LogP contribution in [0.25, 0.3) is 0 Å². The second-order valence-electron chi connectivity index (χ2n) is 8.40. The average molecular weight is 373 g/mol. The summed E-state index contributed by atoms with van der Waals surface area (Å²) in [6, 6.07) is 5.11. The fraction of sp³-hybridized carbons (Fsp3) is 0.619. The van der Waals surface area contributed by atoms with Gasteiger partial charge in [-0.1, -0.05) is 6.07 Å². The minimum atomic E-state index is -0.0146. The van der Waals surface area contributed by atoms with Crippen LogP contribution in [0.3, 0.4) is 0 Å². The van der Waals surface area contributed by atoms with Gasteiger partial charge in [-0.3, -0.25) is 9.59 Å². The zero-order valence-electron chi connectivity index (χ0n) is 16.7. The molecule has 2 fully saturated rings. The third kappa shape index (κ3) is 4.26. The van der Waals surface area contributed by atoms with E-state index in [2.05, 4.69) is 4.90 Å². The highest BCUT2D eigenvalue weighted by molar-refractivity contribution is 5.96. The number of likely N-dealkylation sites (tertiary alicyclic amines) is 2. The van der Waals surface area contributed by atoms with Crippen molar-refractivity contribution in [3.05, 3.63) is 29.3 Å². The topological polar surface area (TPSA) is 64.1 Å². The Morgan fingerprint density at radius 2 is 2.04 bits per heavy atom. The number of hydrogen-bond donors (Lipinski definition) is 1. The summed E-state index contributed by atoms with van der Waals surface area (Å²) in [6.07, 6.45) is 3.44. The van der Waals surface area contributed by atoms with Gasteiger partial charge in [0.2, 0.25) is 5.91 Å². The Morgan fingerprint density at radius 1 is 1.26 bits per heavy atom. The first-order valence-corrected chi connectivity index (χ1v) is 9.82.